The number of ether oxygens (including phenoxy) is 2. The summed E-state index contributed by atoms with van der Waals surface area (Å²) in [5.41, 5.74) is 0.684. The SMILES string of the molecule is COC(=O)C1C2C=CC(C2)C1C(=O)OC1C2CC3C1OS(=O)(=O)C3C2c1ccccn1. The molecule has 0 aromatic carbocycles. The van der Waals surface area contributed by atoms with Gasteiger partial charge in [-0.05, 0) is 36.8 Å². The maximum absolute atomic E-state index is 13.3. The van der Waals surface area contributed by atoms with Gasteiger partial charge in [-0.3, -0.25) is 18.8 Å². The number of esters is 2. The molecule has 0 spiro atoms. The molecule has 4 aliphatic carbocycles. The molecule has 0 radical (unpaired) electrons. The van der Waals surface area contributed by atoms with Gasteiger partial charge in [0.1, 0.15) is 17.5 Å². The van der Waals surface area contributed by atoms with Gasteiger partial charge in [0, 0.05) is 29.6 Å². The average molecular weight is 445 g/mol. The van der Waals surface area contributed by atoms with Crippen LogP contribution in [0.15, 0.2) is 36.5 Å². The largest absolute Gasteiger partial charge is 0.469 e. The molecule has 164 valence electrons. The Labute approximate surface area is 180 Å². The van der Waals surface area contributed by atoms with Crippen molar-refractivity contribution in [3.63, 3.8) is 0 Å². The lowest BCUT2D eigenvalue weighted by atomic mass is 9.81. The van der Waals surface area contributed by atoms with E-state index in [9.17, 15) is 18.0 Å². The Bertz CT molecular complexity index is 1070. The van der Waals surface area contributed by atoms with Crippen LogP contribution in [0.1, 0.15) is 24.5 Å². The Hall–Kier alpha value is -2.26. The fourth-order valence-corrected chi connectivity index (χ4v) is 9.00. The van der Waals surface area contributed by atoms with Gasteiger partial charge in [-0.2, -0.15) is 8.42 Å². The molecule has 4 fully saturated rings. The van der Waals surface area contributed by atoms with E-state index in [0.717, 1.165) is 6.42 Å². The standard InChI is InChI=1S/C22H23NO7S/c1-28-21(24)15-10-5-6-11(8-10)16(15)22(25)29-18-12-9-13-19(18)30-31(26,27)20(13)17(12)14-4-2-3-7-23-14/h2-7,10-13,15-20H,8-9H2,1H3. The fourth-order valence-electron chi connectivity index (χ4n) is 6.92. The topological polar surface area (TPSA) is 109 Å². The van der Waals surface area contributed by atoms with Crippen LogP contribution in [0.4, 0.5) is 0 Å². The number of nitrogens with zero attached hydrogens (tertiary/aromatic N) is 1. The summed E-state index contributed by atoms with van der Waals surface area (Å²) in [6.07, 6.45) is 5.61. The predicted molar refractivity (Wildman–Crippen MR) is 106 cm³/mol. The van der Waals surface area contributed by atoms with E-state index in [0.29, 0.717) is 12.1 Å². The van der Waals surface area contributed by atoms with E-state index in [1.807, 2.05) is 24.3 Å². The van der Waals surface area contributed by atoms with Crippen LogP contribution in [-0.4, -0.2) is 49.9 Å². The van der Waals surface area contributed by atoms with Crippen LogP contribution in [0.5, 0.6) is 0 Å². The van der Waals surface area contributed by atoms with E-state index in [-0.39, 0.29) is 29.6 Å². The number of pyridine rings is 1. The summed E-state index contributed by atoms with van der Waals surface area (Å²) < 4.78 is 42.0. The number of fused-ring (bicyclic) bond motifs is 3. The van der Waals surface area contributed by atoms with Crippen molar-refractivity contribution in [3.05, 3.63) is 42.2 Å². The molecule has 10 unspecified atom stereocenters. The van der Waals surface area contributed by atoms with Gasteiger partial charge in [-0.1, -0.05) is 18.2 Å². The Balaban J connectivity index is 1.30. The highest BCUT2D eigenvalue weighted by Gasteiger charge is 2.70. The Morgan fingerprint density at radius 1 is 1.06 bits per heavy atom. The Morgan fingerprint density at radius 3 is 2.48 bits per heavy atom. The lowest BCUT2D eigenvalue weighted by Crippen LogP contribution is -2.44. The zero-order valence-electron chi connectivity index (χ0n) is 16.9. The van der Waals surface area contributed by atoms with E-state index in [2.05, 4.69) is 4.98 Å². The number of carbonyl (C=O) groups is 2. The van der Waals surface area contributed by atoms with Gasteiger partial charge in [0.25, 0.3) is 10.1 Å². The molecule has 8 nitrogen and oxygen atoms in total. The molecule has 0 amide bonds. The molecule has 6 rings (SSSR count). The molecule has 31 heavy (non-hydrogen) atoms. The van der Waals surface area contributed by atoms with Crippen molar-refractivity contribution < 1.29 is 31.7 Å². The third-order valence-electron chi connectivity index (χ3n) is 8.01. The minimum atomic E-state index is -3.77. The number of aromatic nitrogens is 1. The molecular weight excluding hydrogens is 422 g/mol. The summed E-state index contributed by atoms with van der Waals surface area (Å²) in [4.78, 5) is 30.0. The molecule has 1 saturated heterocycles. The fraction of sp³-hybridized carbons (Fsp3) is 0.591. The quantitative estimate of drug-likeness (QED) is 0.389. The van der Waals surface area contributed by atoms with Gasteiger partial charge >= 0.3 is 11.9 Å². The molecule has 5 aliphatic rings. The highest BCUT2D eigenvalue weighted by molar-refractivity contribution is 7.87. The molecule has 3 saturated carbocycles. The number of allylic oxidation sites excluding steroid dienone is 2. The summed E-state index contributed by atoms with van der Waals surface area (Å²) in [5.74, 6) is -2.88. The monoisotopic (exact) mass is 445 g/mol. The Kier molecular flexibility index (Phi) is 4.15. The first-order chi connectivity index (χ1) is 14.9. The molecule has 10 atom stereocenters. The molecule has 9 heteroatoms. The van der Waals surface area contributed by atoms with Gasteiger partial charge in [-0.15, -0.1) is 0 Å². The minimum Gasteiger partial charge on any atom is -0.469 e. The zero-order valence-corrected chi connectivity index (χ0v) is 17.7. The van der Waals surface area contributed by atoms with Crippen molar-refractivity contribution in [2.24, 2.45) is 35.5 Å². The Morgan fingerprint density at radius 2 is 1.81 bits per heavy atom. The third kappa shape index (κ3) is 2.62. The molecule has 1 aliphatic heterocycles. The van der Waals surface area contributed by atoms with Crippen LogP contribution in [-0.2, 0) is 33.4 Å². The van der Waals surface area contributed by atoms with E-state index < -0.39 is 51.4 Å². The summed E-state index contributed by atoms with van der Waals surface area (Å²) >= 11 is 0. The van der Waals surface area contributed by atoms with Crippen molar-refractivity contribution in [2.45, 2.75) is 36.2 Å². The molecule has 4 bridgehead atoms. The van der Waals surface area contributed by atoms with Crippen LogP contribution in [0.2, 0.25) is 0 Å². The first-order valence-electron chi connectivity index (χ1n) is 10.7. The lowest BCUT2D eigenvalue weighted by Gasteiger charge is -2.33. The molecule has 0 N–H and O–H groups in total. The lowest BCUT2D eigenvalue weighted by molar-refractivity contribution is -0.169. The normalized spacial score (nSPS) is 45.2. The second-order valence-corrected chi connectivity index (χ2v) is 11.0. The van der Waals surface area contributed by atoms with Crippen molar-refractivity contribution >= 4 is 22.1 Å². The summed E-state index contributed by atoms with van der Waals surface area (Å²) in [6.45, 7) is 0. The van der Waals surface area contributed by atoms with Crippen molar-refractivity contribution in [2.75, 3.05) is 7.11 Å². The summed E-state index contributed by atoms with van der Waals surface area (Å²) in [6, 6.07) is 5.44. The van der Waals surface area contributed by atoms with Gasteiger partial charge in [0.2, 0.25) is 0 Å². The maximum Gasteiger partial charge on any atom is 0.310 e. The van der Waals surface area contributed by atoms with Gasteiger partial charge in [0.05, 0.1) is 18.9 Å². The predicted octanol–water partition coefficient (Wildman–Crippen LogP) is 1.44. The van der Waals surface area contributed by atoms with E-state index >= 15 is 0 Å². The van der Waals surface area contributed by atoms with Crippen LogP contribution in [0.3, 0.4) is 0 Å². The van der Waals surface area contributed by atoms with E-state index in [4.69, 9.17) is 13.7 Å². The number of carbonyl (C=O) groups excluding carboxylic acids is 2. The van der Waals surface area contributed by atoms with Crippen LogP contribution >= 0.6 is 0 Å². The van der Waals surface area contributed by atoms with Crippen LogP contribution < -0.4 is 0 Å². The maximum atomic E-state index is 13.3. The zero-order chi connectivity index (χ0) is 21.5. The number of hydrogen-bond acceptors (Lipinski definition) is 8. The van der Waals surface area contributed by atoms with E-state index in [1.54, 1.807) is 12.3 Å². The second-order valence-electron chi connectivity index (χ2n) is 9.29. The van der Waals surface area contributed by atoms with Gasteiger partial charge < -0.3 is 9.47 Å². The summed E-state index contributed by atoms with van der Waals surface area (Å²) in [5, 5.41) is -0.652. The second kappa shape index (κ2) is 6.62. The number of methoxy groups -OCH3 is 1. The first-order valence-corrected chi connectivity index (χ1v) is 12.2. The third-order valence-corrected chi connectivity index (χ3v) is 9.81. The highest BCUT2D eigenvalue weighted by atomic mass is 32.2. The minimum absolute atomic E-state index is 0.0243. The van der Waals surface area contributed by atoms with Gasteiger partial charge in [0.15, 0.2) is 0 Å². The molecular formula is C22H23NO7S. The molecule has 2 heterocycles. The van der Waals surface area contributed by atoms with Crippen molar-refractivity contribution in [3.8, 4) is 0 Å². The van der Waals surface area contributed by atoms with E-state index in [1.165, 1.54) is 7.11 Å². The van der Waals surface area contributed by atoms with Crippen LogP contribution in [0, 0.1) is 35.5 Å². The van der Waals surface area contributed by atoms with Gasteiger partial charge in [-0.25, -0.2) is 0 Å². The summed E-state index contributed by atoms with van der Waals surface area (Å²) in [7, 11) is -2.44. The average Bonchev–Trinajstić information content (AvgIpc) is 3.55. The molecule has 1 aromatic rings. The first kappa shape index (κ1) is 19.4. The molecule has 1 aromatic heterocycles. The highest BCUT2D eigenvalue weighted by Crippen LogP contribution is 2.61. The van der Waals surface area contributed by atoms with Crippen molar-refractivity contribution in [1.82, 2.24) is 4.98 Å². The van der Waals surface area contributed by atoms with Crippen molar-refractivity contribution in [1.29, 1.82) is 0 Å². The smallest absolute Gasteiger partial charge is 0.310 e. The van der Waals surface area contributed by atoms with Crippen LogP contribution in [0.25, 0.3) is 0 Å². The number of hydrogen-bond donors (Lipinski definition) is 0. The number of rotatable bonds is 4.